The lowest BCUT2D eigenvalue weighted by Crippen LogP contribution is -2.46. The van der Waals surface area contributed by atoms with Crippen LogP contribution in [0.5, 0.6) is 5.75 Å². The smallest absolute Gasteiger partial charge is 0.323 e. The average molecular weight is 311 g/mol. The molecule has 0 radical (unpaired) electrons. The molecule has 1 saturated carbocycles. The number of carboxylic acids is 1. The van der Waals surface area contributed by atoms with Gasteiger partial charge in [-0.15, -0.1) is 0 Å². The van der Waals surface area contributed by atoms with Gasteiger partial charge in [-0.25, -0.2) is 13.2 Å². The minimum Gasteiger partial charge on any atom is -0.484 e. The van der Waals surface area contributed by atoms with Crippen LogP contribution >= 0.6 is 0 Å². The second kappa shape index (κ2) is 5.14. The first kappa shape index (κ1) is 15.5. The number of carbonyl (C=O) groups is 1. The summed E-state index contributed by atoms with van der Waals surface area (Å²) >= 11 is 0. The van der Waals surface area contributed by atoms with Crippen molar-refractivity contribution in [1.29, 1.82) is 0 Å². The molecule has 4 nitrogen and oxygen atoms in total. The Balaban J connectivity index is 2.28. The zero-order valence-corrected chi connectivity index (χ0v) is 10.4. The topological polar surface area (TPSA) is 72.6 Å². The molecule has 2 rings (SSSR count). The minimum absolute atomic E-state index is 0.0162. The lowest BCUT2D eigenvalue weighted by molar-refractivity contribution is -0.143. The third kappa shape index (κ3) is 2.53. The van der Waals surface area contributed by atoms with Gasteiger partial charge in [0.25, 0.3) is 0 Å². The van der Waals surface area contributed by atoms with Gasteiger partial charge >= 0.3 is 5.97 Å². The van der Waals surface area contributed by atoms with E-state index in [0.717, 1.165) is 0 Å². The van der Waals surface area contributed by atoms with Crippen LogP contribution in [-0.4, -0.2) is 22.7 Å². The Morgan fingerprint density at radius 1 is 1.10 bits per heavy atom. The first-order valence-corrected chi connectivity index (χ1v) is 5.87. The van der Waals surface area contributed by atoms with E-state index in [2.05, 4.69) is 0 Å². The van der Waals surface area contributed by atoms with E-state index >= 15 is 0 Å². The molecule has 1 aromatic rings. The molecule has 2 unspecified atom stereocenters. The largest absolute Gasteiger partial charge is 0.484 e. The molecule has 0 saturated heterocycles. The van der Waals surface area contributed by atoms with Gasteiger partial charge in [0.2, 0.25) is 29.1 Å². The van der Waals surface area contributed by atoms with Crippen LogP contribution in [0.1, 0.15) is 19.3 Å². The lowest BCUT2D eigenvalue weighted by atomic mass is 10.00. The Morgan fingerprint density at radius 2 is 1.57 bits per heavy atom. The molecular formula is C12H10F5NO3. The summed E-state index contributed by atoms with van der Waals surface area (Å²) in [7, 11) is 0. The van der Waals surface area contributed by atoms with Crippen LogP contribution in [0.2, 0.25) is 0 Å². The van der Waals surface area contributed by atoms with Gasteiger partial charge in [0.1, 0.15) is 11.6 Å². The van der Waals surface area contributed by atoms with E-state index in [1.54, 1.807) is 0 Å². The second-order valence-electron chi connectivity index (χ2n) is 4.84. The first-order chi connectivity index (χ1) is 9.67. The van der Waals surface area contributed by atoms with E-state index in [0.29, 0.717) is 0 Å². The molecule has 1 fully saturated rings. The van der Waals surface area contributed by atoms with Gasteiger partial charge < -0.3 is 15.6 Å². The number of hydrogen-bond acceptors (Lipinski definition) is 3. The quantitative estimate of drug-likeness (QED) is 0.509. The fourth-order valence-corrected chi connectivity index (χ4v) is 2.18. The third-order valence-corrected chi connectivity index (χ3v) is 3.38. The molecule has 1 aliphatic carbocycles. The maximum Gasteiger partial charge on any atom is 0.323 e. The Morgan fingerprint density at radius 3 is 2.00 bits per heavy atom. The molecule has 1 aromatic carbocycles. The number of rotatable bonds is 3. The van der Waals surface area contributed by atoms with Crippen molar-refractivity contribution >= 4 is 5.97 Å². The normalized spacial score (nSPS) is 25.1. The number of hydrogen-bond donors (Lipinski definition) is 2. The molecule has 9 heteroatoms. The first-order valence-electron chi connectivity index (χ1n) is 5.87. The zero-order chi connectivity index (χ0) is 15.9. The molecule has 0 aliphatic heterocycles. The van der Waals surface area contributed by atoms with Gasteiger partial charge in [0, 0.05) is 6.42 Å². The molecule has 0 heterocycles. The number of aliphatic carboxylic acids is 1. The van der Waals surface area contributed by atoms with E-state index in [4.69, 9.17) is 15.6 Å². The van der Waals surface area contributed by atoms with Crippen molar-refractivity contribution in [3.05, 3.63) is 29.1 Å². The van der Waals surface area contributed by atoms with E-state index in [9.17, 15) is 26.7 Å². The number of benzene rings is 1. The van der Waals surface area contributed by atoms with Crippen molar-refractivity contribution in [3.63, 3.8) is 0 Å². The highest BCUT2D eigenvalue weighted by Crippen LogP contribution is 2.35. The molecule has 116 valence electrons. The number of carboxylic acid groups (broad SMARTS) is 1. The Bertz CT molecular complexity index is 580. The van der Waals surface area contributed by atoms with Crippen molar-refractivity contribution < 1.29 is 36.6 Å². The van der Waals surface area contributed by atoms with Crippen molar-refractivity contribution in [2.75, 3.05) is 0 Å². The number of ether oxygens (including phenoxy) is 1. The van der Waals surface area contributed by atoms with Crippen LogP contribution in [0.3, 0.4) is 0 Å². The Kier molecular flexibility index (Phi) is 3.79. The van der Waals surface area contributed by atoms with E-state index in [-0.39, 0.29) is 19.3 Å². The van der Waals surface area contributed by atoms with Crippen LogP contribution in [0.25, 0.3) is 0 Å². The summed E-state index contributed by atoms with van der Waals surface area (Å²) in [6.45, 7) is 0. The molecular weight excluding hydrogens is 301 g/mol. The molecule has 0 aromatic heterocycles. The maximum absolute atomic E-state index is 13.4. The van der Waals surface area contributed by atoms with Crippen LogP contribution in [-0.2, 0) is 4.79 Å². The molecule has 0 bridgehead atoms. The summed E-state index contributed by atoms with van der Waals surface area (Å²) in [5.74, 6) is -13.5. The molecule has 1 aliphatic rings. The number of halogens is 5. The average Bonchev–Trinajstić information content (AvgIpc) is 2.82. The van der Waals surface area contributed by atoms with Gasteiger partial charge in [0.05, 0.1) is 0 Å². The highest BCUT2D eigenvalue weighted by Gasteiger charge is 2.44. The monoisotopic (exact) mass is 311 g/mol. The SMILES string of the molecule is NC1(C(=O)O)CCC(Oc2c(F)c(F)c(F)c(F)c2F)C1. The van der Waals surface area contributed by atoms with Gasteiger partial charge in [0.15, 0.2) is 5.75 Å². The fourth-order valence-electron chi connectivity index (χ4n) is 2.18. The van der Waals surface area contributed by atoms with Crippen LogP contribution < -0.4 is 10.5 Å². The van der Waals surface area contributed by atoms with Crippen molar-refractivity contribution in [2.24, 2.45) is 5.73 Å². The highest BCUT2D eigenvalue weighted by molar-refractivity contribution is 5.79. The van der Waals surface area contributed by atoms with Crippen LogP contribution in [0.15, 0.2) is 0 Å². The Labute approximate surface area is 115 Å². The molecule has 3 N–H and O–H groups in total. The van der Waals surface area contributed by atoms with Gasteiger partial charge in [-0.3, -0.25) is 4.79 Å². The third-order valence-electron chi connectivity index (χ3n) is 3.38. The summed E-state index contributed by atoms with van der Waals surface area (Å²) in [4.78, 5) is 10.9. The van der Waals surface area contributed by atoms with Gasteiger partial charge in [-0.1, -0.05) is 0 Å². The Hall–Kier alpha value is -1.90. The van der Waals surface area contributed by atoms with Crippen molar-refractivity contribution in [1.82, 2.24) is 0 Å². The molecule has 0 spiro atoms. The maximum atomic E-state index is 13.4. The fraction of sp³-hybridized carbons (Fsp3) is 0.417. The zero-order valence-electron chi connectivity index (χ0n) is 10.4. The second-order valence-corrected chi connectivity index (χ2v) is 4.84. The van der Waals surface area contributed by atoms with E-state index in [1.807, 2.05) is 0 Å². The minimum atomic E-state index is -2.29. The van der Waals surface area contributed by atoms with Crippen LogP contribution in [0.4, 0.5) is 22.0 Å². The summed E-state index contributed by atoms with van der Waals surface area (Å²) < 4.78 is 70.4. The van der Waals surface area contributed by atoms with Gasteiger partial charge in [-0.2, -0.15) is 8.78 Å². The summed E-state index contributed by atoms with van der Waals surface area (Å²) in [6, 6.07) is 0. The molecule has 2 atom stereocenters. The van der Waals surface area contributed by atoms with Crippen LogP contribution in [0, 0.1) is 29.1 Å². The standard InChI is InChI=1S/C12H10F5NO3/c13-5-6(14)8(16)10(9(17)7(5)15)21-4-1-2-12(18,3-4)11(19)20/h4H,1-3,18H2,(H,19,20). The highest BCUT2D eigenvalue weighted by atomic mass is 19.2. The molecule has 21 heavy (non-hydrogen) atoms. The van der Waals surface area contributed by atoms with E-state index in [1.165, 1.54) is 0 Å². The summed E-state index contributed by atoms with van der Waals surface area (Å²) in [5, 5.41) is 8.89. The summed E-state index contributed by atoms with van der Waals surface area (Å²) in [6.07, 6.45) is -1.38. The number of nitrogens with two attached hydrogens (primary N) is 1. The predicted molar refractivity (Wildman–Crippen MR) is 59.1 cm³/mol. The van der Waals surface area contributed by atoms with Crippen molar-refractivity contribution in [3.8, 4) is 5.75 Å². The molecule has 0 amide bonds. The lowest BCUT2D eigenvalue weighted by Gasteiger charge is -2.19. The predicted octanol–water partition coefficient (Wildman–Crippen LogP) is 2.10. The van der Waals surface area contributed by atoms with Gasteiger partial charge in [-0.05, 0) is 12.8 Å². The summed E-state index contributed by atoms with van der Waals surface area (Å²) in [5.41, 5.74) is 3.89. The van der Waals surface area contributed by atoms with E-state index < -0.39 is 52.4 Å². The van der Waals surface area contributed by atoms with Crippen molar-refractivity contribution in [2.45, 2.75) is 30.9 Å².